The second-order valence-electron chi connectivity index (χ2n) is 6.76. The summed E-state index contributed by atoms with van der Waals surface area (Å²) < 4.78 is 27.6. The van der Waals surface area contributed by atoms with Crippen molar-refractivity contribution in [2.45, 2.75) is 13.8 Å². The maximum atomic E-state index is 13.4. The Bertz CT molecular complexity index is 1030. The van der Waals surface area contributed by atoms with Crippen LogP contribution in [0.15, 0.2) is 30.3 Å². The predicted octanol–water partition coefficient (Wildman–Crippen LogP) is 4.15. The maximum absolute atomic E-state index is 13.4. The van der Waals surface area contributed by atoms with Gasteiger partial charge in [-0.2, -0.15) is 0 Å². The number of halogens is 2. The minimum atomic E-state index is -1.00. The summed E-state index contributed by atoms with van der Waals surface area (Å²) in [6.45, 7) is 6.52. The molecule has 140 valence electrons. The van der Waals surface area contributed by atoms with E-state index in [1.54, 1.807) is 16.2 Å². The number of carbonyl (C=O) groups is 1. The summed E-state index contributed by atoms with van der Waals surface area (Å²) in [5, 5.41) is 0.957. The number of aryl methyl sites for hydroxylation is 2. The van der Waals surface area contributed by atoms with E-state index in [0.717, 1.165) is 27.5 Å². The van der Waals surface area contributed by atoms with Crippen molar-refractivity contribution in [3.05, 3.63) is 58.7 Å². The number of carbonyl (C=O) groups excluding carboxylic acids is 1. The Hall–Kier alpha value is -2.54. The molecule has 0 aliphatic carbocycles. The van der Waals surface area contributed by atoms with Crippen molar-refractivity contribution in [1.82, 2.24) is 9.88 Å². The quantitative estimate of drug-likeness (QED) is 0.663. The lowest BCUT2D eigenvalue weighted by Crippen LogP contribution is -2.48. The highest BCUT2D eigenvalue weighted by molar-refractivity contribution is 7.22. The Balaban J connectivity index is 1.48. The molecule has 1 saturated heterocycles. The zero-order valence-corrected chi connectivity index (χ0v) is 15.9. The number of rotatable bonds is 2. The van der Waals surface area contributed by atoms with Gasteiger partial charge in [0.2, 0.25) is 0 Å². The van der Waals surface area contributed by atoms with Crippen LogP contribution in [-0.2, 0) is 0 Å². The van der Waals surface area contributed by atoms with E-state index in [0.29, 0.717) is 26.2 Å². The van der Waals surface area contributed by atoms with Crippen LogP contribution in [0.1, 0.15) is 21.5 Å². The Morgan fingerprint density at radius 1 is 1.04 bits per heavy atom. The van der Waals surface area contributed by atoms with E-state index in [-0.39, 0.29) is 11.5 Å². The molecule has 1 aliphatic rings. The van der Waals surface area contributed by atoms with Crippen LogP contribution in [0.5, 0.6) is 0 Å². The Morgan fingerprint density at radius 3 is 2.48 bits per heavy atom. The average Bonchev–Trinajstić information content (AvgIpc) is 3.12. The molecule has 0 bridgehead atoms. The van der Waals surface area contributed by atoms with E-state index in [4.69, 9.17) is 4.98 Å². The zero-order valence-electron chi connectivity index (χ0n) is 15.1. The summed E-state index contributed by atoms with van der Waals surface area (Å²) in [4.78, 5) is 21.2. The number of anilines is 1. The zero-order chi connectivity index (χ0) is 19.1. The fraction of sp³-hybridized carbons (Fsp3) is 0.300. The summed E-state index contributed by atoms with van der Waals surface area (Å²) in [6, 6.07) is 7.48. The Kier molecular flexibility index (Phi) is 4.55. The number of hydrogen-bond donors (Lipinski definition) is 0. The van der Waals surface area contributed by atoms with Crippen LogP contribution in [0.4, 0.5) is 13.9 Å². The van der Waals surface area contributed by atoms with Crippen molar-refractivity contribution < 1.29 is 13.6 Å². The molecule has 2 heterocycles. The molecular formula is C20H19F2N3OS. The van der Waals surface area contributed by atoms with Crippen LogP contribution in [0.25, 0.3) is 10.2 Å². The first kappa shape index (κ1) is 17.9. The summed E-state index contributed by atoms with van der Waals surface area (Å²) in [7, 11) is 0. The first-order valence-electron chi connectivity index (χ1n) is 8.80. The number of piperazine rings is 1. The Labute approximate surface area is 160 Å². The van der Waals surface area contributed by atoms with Gasteiger partial charge in [0.05, 0.1) is 10.2 Å². The molecule has 7 heteroatoms. The van der Waals surface area contributed by atoms with Crippen molar-refractivity contribution >= 4 is 32.6 Å². The van der Waals surface area contributed by atoms with Gasteiger partial charge >= 0.3 is 0 Å². The molecule has 1 aliphatic heterocycles. The van der Waals surface area contributed by atoms with Crippen molar-refractivity contribution in [2.24, 2.45) is 0 Å². The summed E-state index contributed by atoms with van der Waals surface area (Å²) >= 11 is 1.66. The largest absolute Gasteiger partial charge is 0.345 e. The highest BCUT2D eigenvalue weighted by Crippen LogP contribution is 2.32. The molecule has 0 radical (unpaired) electrons. The van der Waals surface area contributed by atoms with E-state index < -0.39 is 11.6 Å². The van der Waals surface area contributed by atoms with Crippen LogP contribution in [-0.4, -0.2) is 42.0 Å². The van der Waals surface area contributed by atoms with E-state index >= 15 is 0 Å². The normalized spacial score (nSPS) is 14.8. The first-order chi connectivity index (χ1) is 12.9. The third-order valence-electron chi connectivity index (χ3n) is 5.08. The second kappa shape index (κ2) is 6.88. The molecule has 1 aromatic heterocycles. The first-order valence-corrected chi connectivity index (χ1v) is 9.61. The van der Waals surface area contributed by atoms with Crippen LogP contribution in [0, 0.1) is 25.5 Å². The van der Waals surface area contributed by atoms with Gasteiger partial charge in [0, 0.05) is 31.7 Å². The van der Waals surface area contributed by atoms with E-state index in [1.807, 2.05) is 0 Å². The van der Waals surface area contributed by atoms with Crippen molar-refractivity contribution in [2.75, 3.05) is 31.1 Å². The van der Waals surface area contributed by atoms with Gasteiger partial charge in [-0.25, -0.2) is 13.8 Å². The van der Waals surface area contributed by atoms with Crippen molar-refractivity contribution in [1.29, 1.82) is 0 Å². The standard InChI is InChI=1S/C20H19F2N3OS/c1-12-3-6-17-18(13(12)2)23-20(27-17)25-9-7-24(8-10-25)19(26)14-4-5-15(21)16(22)11-14/h3-6,11H,7-10H2,1-2H3. The molecule has 0 atom stereocenters. The molecule has 1 amide bonds. The van der Waals surface area contributed by atoms with Gasteiger partial charge in [0.1, 0.15) is 0 Å². The maximum Gasteiger partial charge on any atom is 0.254 e. The van der Waals surface area contributed by atoms with Crippen LogP contribution >= 0.6 is 11.3 Å². The Morgan fingerprint density at radius 2 is 1.78 bits per heavy atom. The molecule has 0 saturated carbocycles. The van der Waals surface area contributed by atoms with Crippen molar-refractivity contribution in [3.63, 3.8) is 0 Å². The number of thiazole rings is 1. The molecule has 1 fully saturated rings. The van der Waals surface area contributed by atoms with Gasteiger partial charge < -0.3 is 9.80 Å². The molecule has 0 spiro atoms. The molecule has 3 aromatic rings. The lowest BCUT2D eigenvalue weighted by Gasteiger charge is -2.34. The summed E-state index contributed by atoms with van der Waals surface area (Å²) in [6.07, 6.45) is 0. The predicted molar refractivity (Wildman–Crippen MR) is 104 cm³/mol. The topological polar surface area (TPSA) is 36.4 Å². The fourth-order valence-electron chi connectivity index (χ4n) is 3.26. The monoisotopic (exact) mass is 387 g/mol. The molecule has 2 aromatic carbocycles. The van der Waals surface area contributed by atoms with E-state index in [1.165, 1.54) is 17.2 Å². The lowest BCUT2D eigenvalue weighted by molar-refractivity contribution is 0.0746. The number of nitrogens with zero attached hydrogens (tertiary/aromatic N) is 3. The molecule has 0 unspecified atom stereocenters. The van der Waals surface area contributed by atoms with Gasteiger partial charge in [-0.05, 0) is 49.2 Å². The number of hydrogen-bond acceptors (Lipinski definition) is 4. The average molecular weight is 387 g/mol. The van der Waals surface area contributed by atoms with E-state index in [2.05, 4.69) is 30.9 Å². The van der Waals surface area contributed by atoms with Gasteiger partial charge in [-0.3, -0.25) is 4.79 Å². The van der Waals surface area contributed by atoms with Gasteiger partial charge in [0.15, 0.2) is 16.8 Å². The number of benzene rings is 2. The number of amides is 1. The lowest BCUT2D eigenvalue weighted by atomic mass is 10.1. The summed E-state index contributed by atoms with van der Waals surface area (Å²) in [5.74, 6) is -2.22. The minimum Gasteiger partial charge on any atom is -0.345 e. The molecular weight excluding hydrogens is 368 g/mol. The highest BCUT2D eigenvalue weighted by atomic mass is 32.1. The number of aromatic nitrogens is 1. The second-order valence-corrected chi connectivity index (χ2v) is 7.77. The van der Waals surface area contributed by atoms with Crippen molar-refractivity contribution in [3.8, 4) is 0 Å². The molecule has 4 rings (SSSR count). The van der Waals surface area contributed by atoms with Crippen LogP contribution in [0.2, 0.25) is 0 Å². The van der Waals surface area contributed by atoms with Gasteiger partial charge in [-0.1, -0.05) is 17.4 Å². The smallest absolute Gasteiger partial charge is 0.254 e. The molecule has 4 nitrogen and oxygen atoms in total. The number of fused-ring (bicyclic) bond motifs is 1. The van der Waals surface area contributed by atoms with Crippen LogP contribution in [0.3, 0.4) is 0 Å². The SMILES string of the molecule is Cc1ccc2sc(N3CCN(C(=O)c4ccc(F)c(F)c4)CC3)nc2c1C. The van der Waals surface area contributed by atoms with Crippen LogP contribution < -0.4 is 4.90 Å². The van der Waals surface area contributed by atoms with Gasteiger partial charge in [-0.15, -0.1) is 0 Å². The van der Waals surface area contributed by atoms with E-state index in [9.17, 15) is 13.6 Å². The summed E-state index contributed by atoms with van der Waals surface area (Å²) in [5.41, 5.74) is 3.63. The third kappa shape index (κ3) is 3.27. The highest BCUT2D eigenvalue weighted by Gasteiger charge is 2.24. The molecule has 0 N–H and O–H groups in total. The molecule has 27 heavy (non-hydrogen) atoms. The minimum absolute atomic E-state index is 0.174. The fourth-order valence-corrected chi connectivity index (χ4v) is 4.34. The van der Waals surface area contributed by atoms with Gasteiger partial charge in [0.25, 0.3) is 5.91 Å². The third-order valence-corrected chi connectivity index (χ3v) is 6.16.